The maximum absolute atomic E-state index is 13.5. The molecule has 1 heterocycles. The van der Waals surface area contributed by atoms with Gasteiger partial charge in [-0.15, -0.1) is 0 Å². The number of benzene rings is 1. The third-order valence-electron chi connectivity index (χ3n) is 2.83. The van der Waals surface area contributed by atoms with E-state index in [-0.39, 0.29) is 0 Å². The Morgan fingerprint density at radius 2 is 2.06 bits per heavy atom. The van der Waals surface area contributed by atoms with E-state index in [9.17, 15) is 8.78 Å². The number of hydrogen-bond donors (Lipinski definition) is 1. The van der Waals surface area contributed by atoms with E-state index in [1.165, 1.54) is 12.1 Å². The molecule has 2 N–H and O–H groups in total. The number of aryl methyl sites for hydroxylation is 1. The van der Waals surface area contributed by atoms with Gasteiger partial charge in [0.2, 0.25) is 0 Å². The molecule has 18 heavy (non-hydrogen) atoms. The highest BCUT2D eigenvalue weighted by Crippen LogP contribution is 2.20. The van der Waals surface area contributed by atoms with Gasteiger partial charge in [-0.3, -0.25) is 4.98 Å². The molecular weight excluding hydrogens is 234 g/mol. The van der Waals surface area contributed by atoms with Crippen molar-refractivity contribution >= 4 is 0 Å². The molecule has 0 aliphatic heterocycles. The van der Waals surface area contributed by atoms with Crippen molar-refractivity contribution < 1.29 is 8.78 Å². The number of rotatable bonds is 4. The van der Waals surface area contributed by atoms with E-state index in [2.05, 4.69) is 4.98 Å². The van der Waals surface area contributed by atoms with E-state index in [4.69, 9.17) is 5.73 Å². The first-order valence-corrected chi connectivity index (χ1v) is 5.76. The Morgan fingerprint density at radius 1 is 1.22 bits per heavy atom. The molecule has 0 fully saturated rings. The van der Waals surface area contributed by atoms with Gasteiger partial charge in [-0.25, -0.2) is 8.78 Å². The lowest BCUT2D eigenvalue weighted by atomic mass is 10.00. The Morgan fingerprint density at radius 3 is 2.72 bits per heavy atom. The first-order valence-electron chi connectivity index (χ1n) is 5.76. The van der Waals surface area contributed by atoms with Crippen LogP contribution < -0.4 is 5.73 Å². The lowest BCUT2D eigenvalue weighted by Crippen LogP contribution is -2.13. The van der Waals surface area contributed by atoms with E-state index in [0.717, 1.165) is 11.6 Å². The van der Waals surface area contributed by atoms with Crippen molar-refractivity contribution in [2.45, 2.75) is 18.9 Å². The van der Waals surface area contributed by atoms with Crippen LogP contribution in [-0.2, 0) is 6.42 Å². The molecule has 0 saturated heterocycles. The summed E-state index contributed by atoms with van der Waals surface area (Å²) in [4.78, 5) is 4.00. The predicted octanol–water partition coefficient (Wildman–Crippen LogP) is 2.99. The van der Waals surface area contributed by atoms with Crippen LogP contribution >= 0.6 is 0 Å². The molecule has 2 nitrogen and oxygen atoms in total. The van der Waals surface area contributed by atoms with Crippen LogP contribution in [0.2, 0.25) is 0 Å². The van der Waals surface area contributed by atoms with E-state index < -0.39 is 17.7 Å². The van der Waals surface area contributed by atoms with E-state index in [1.54, 1.807) is 12.4 Å². The lowest BCUT2D eigenvalue weighted by Gasteiger charge is -2.12. The molecule has 0 bridgehead atoms. The summed E-state index contributed by atoms with van der Waals surface area (Å²) in [5.74, 6) is -1.18. The molecule has 0 saturated carbocycles. The Labute approximate surface area is 104 Å². The van der Waals surface area contributed by atoms with E-state index in [0.29, 0.717) is 18.4 Å². The highest BCUT2D eigenvalue weighted by atomic mass is 19.1. The van der Waals surface area contributed by atoms with Crippen molar-refractivity contribution in [1.82, 2.24) is 4.98 Å². The molecule has 0 aliphatic carbocycles. The fourth-order valence-corrected chi connectivity index (χ4v) is 1.83. The van der Waals surface area contributed by atoms with Crippen LogP contribution in [0.5, 0.6) is 0 Å². The molecule has 0 radical (unpaired) electrons. The van der Waals surface area contributed by atoms with Crippen LogP contribution in [0.25, 0.3) is 0 Å². The van der Waals surface area contributed by atoms with E-state index >= 15 is 0 Å². The van der Waals surface area contributed by atoms with Crippen molar-refractivity contribution in [2.24, 2.45) is 5.73 Å². The van der Waals surface area contributed by atoms with Gasteiger partial charge in [0.15, 0.2) is 0 Å². The number of nitrogens with two attached hydrogens (primary N) is 1. The summed E-state index contributed by atoms with van der Waals surface area (Å²) < 4.78 is 26.3. The molecule has 1 atom stereocenters. The number of pyridine rings is 1. The van der Waals surface area contributed by atoms with Crippen molar-refractivity contribution in [3.8, 4) is 0 Å². The molecule has 1 aromatic heterocycles. The summed E-state index contributed by atoms with van der Waals surface area (Å²) in [5.41, 5.74) is 7.31. The zero-order chi connectivity index (χ0) is 13.0. The van der Waals surface area contributed by atoms with Crippen molar-refractivity contribution in [2.75, 3.05) is 0 Å². The van der Waals surface area contributed by atoms with Crippen LogP contribution in [0.3, 0.4) is 0 Å². The minimum absolute atomic E-state index is 0.347. The summed E-state index contributed by atoms with van der Waals surface area (Å²) in [6.45, 7) is 0. The second-order valence-electron chi connectivity index (χ2n) is 4.17. The second-order valence-corrected chi connectivity index (χ2v) is 4.17. The van der Waals surface area contributed by atoms with E-state index in [1.807, 2.05) is 12.1 Å². The van der Waals surface area contributed by atoms with Crippen LogP contribution in [0, 0.1) is 11.6 Å². The van der Waals surface area contributed by atoms with Crippen LogP contribution in [0.4, 0.5) is 8.78 Å². The normalized spacial score (nSPS) is 12.4. The molecule has 0 spiro atoms. The number of halogens is 2. The van der Waals surface area contributed by atoms with Gasteiger partial charge in [-0.1, -0.05) is 12.1 Å². The zero-order valence-corrected chi connectivity index (χ0v) is 9.81. The maximum atomic E-state index is 13.5. The average molecular weight is 248 g/mol. The largest absolute Gasteiger partial charge is 0.324 e. The van der Waals surface area contributed by atoms with Crippen LogP contribution in [0.1, 0.15) is 23.6 Å². The van der Waals surface area contributed by atoms with Crippen molar-refractivity contribution in [3.63, 3.8) is 0 Å². The summed E-state index contributed by atoms with van der Waals surface area (Å²) in [5, 5.41) is 0. The minimum Gasteiger partial charge on any atom is -0.324 e. The average Bonchev–Trinajstić information content (AvgIpc) is 2.37. The fourth-order valence-electron chi connectivity index (χ4n) is 1.83. The summed E-state index contributed by atoms with van der Waals surface area (Å²) in [7, 11) is 0. The maximum Gasteiger partial charge on any atom is 0.130 e. The highest BCUT2D eigenvalue weighted by molar-refractivity contribution is 5.22. The van der Waals surface area contributed by atoms with Gasteiger partial charge in [0, 0.05) is 30.1 Å². The molecule has 94 valence electrons. The Balaban J connectivity index is 2.01. The molecule has 1 aromatic carbocycles. The van der Waals surface area contributed by atoms with Gasteiger partial charge < -0.3 is 5.73 Å². The topological polar surface area (TPSA) is 38.9 Å². The molecule has 4 heteroatoms. The third-order valence-corrected chi connectivity index (χ3v) is 2.83. The van der Waals surface area contributed by atoms with Gasteiger partial charge in [0.05, 0.1) is 0 Å². The summed E-state index contributed by atoms with van der Waals surface area (Å²) >= 11 is 0. The minimum atomic E-state index is -0.589. The van der Waals surface area contributed by atoms with Gasteiger partial charge in [0.1, 0.15) is 11.6 Å². The molecule has 2 rings (SSSR count). The highest BCUT2D eigenvalue weighted by Gasteiger charge is 2.12. The SMILES string of the molecule is NC(CCc1cccnc1)c1ccc(F)cc1F. The van der Waals surface area contributed by atoms with Gasteiger partial charge >= 0.3 is 0 Å². The number of nitrogens with zero attached hydrogens (tertiary/aromatic N) is 1. The van der Waals surface area contributed by atoms with Crippen molar-refractivity contribution in [1.29, 1.82) is 0 Å². The molecule has 1 unspecified atom stereocenters. The lowest BCUT2D eigenvalue weighted by molar-refractivity contribution is 0.543. The summed E-state index contributed by atoms with van der Waals surface area (Å²) in [6.07, 6.45) is 4.76. The van der Waals surface area contributed by atoms with Gasteiger partial charge in [-0.05, 0) is 30.5 Å². The number of hydrogen-bond acceptors (Lipinski definition) is 2. The Bertz CT molecular complexity index is 514. The molecule has 0 amide bonds. The Kier molecular flexibility index (Phi) is 3.99. The second kappa shape index (κ2) is 5.69. The molecule has 2 aromatic rings. The van der Waals surface area contributed by atoms with Gasteiger partial charge in [-0.2, -0.15) is 0 Å². The first kappa shape index (κ1) is 12.6. The fraction of sp³-hybridized carbons (Fsp3) is 0.214. The zero-order valence-electron chi connectivity index (χ0n) is 9.81. The van der Waals surface area contributed by atoms with Crippen molar-refractivity contribution in [3.05, 3.63) is 65.5 Å². The number of aromatic nitrogens is 1. The monoisotopic (exact) mass is 248 g/mol. The van der Waals surface area contributed by atoms with Gasteiger partial charge in [0.25, 0.3) is 0 Å². The van der Waals surface area contributed by atoms with Crippen LogP contribution in [-0.4, -0.2) is 4.98 Å². The standard InChI is InChI=1S/C14H14F2N2/c15-11-4-5-12(13(16)8-11)14(17)6-3-10-2-1-7-18-9-10/h1-2,4-5,7-9,14H,3,6,17H2. The smallest absolute Gasteiger partial charge is 0.130 e. The molecular formula is C14H14F2N2. The Hall–Kier alpha value is -1.81. The predicted molar refractivity (Wildman–Crippen MR) is 65.8 cm³/mol. The molecule has 0 aliphatic rings. The first-order chi connectivity index (χ1) is 8.66. The quantitative estimate of drug-likeness (QED) is 0.903. The van der Waals surface area contributed by atoms with Crippen LogP contribution in [0.15, 0.2) is 42.7 Å². The summed E-state index contributed by atoms with van der Waals surface area (Å²) in [6, 6.07) is 6.84. The third kappa shape index (κ3) is 3.11.